The highest BCUT2D eigenvalue weighted by atomic mass is 79.9. The molecular formula is C12H13BrN2O3S. The standard InChI is InChI=1S/C12H13BrN2O3S/c1-9-8-12(14-18-9)15-19(16,17)11-4-2-10(3-5-11)6-7-13/h2-5,8H,6-7H2,1H3,(H,14,15). The molecule has 0 aliphatic carbocycles. The summed E-state index contributed by atoms with van der Waals surface area (Å²) < 4.78 is 31.3. The van der Waals surface area contributed by atoms with Gasteiger partial charge in [0.1, 0.15) is 5.76 Å². The Morgan fingerprint density at radius 1 is 1.32 bits per heavy atom. The highest BCUT2D eigenvalue weighted by molar-refractivity contribution is 9.09. The number of alkyl halides is 1. The highest BCUT2D eigenvalue weighted by Crippen LogP contribution is 2.16. The average Bonchev–Trinajstić information content (AvgIpc) is 2.75. The average molecular weight is 345 g/mol. The third-order valence-corrected chi connectivity index (χ3v) is 4.25. The molecule has 0 radical (unpaired) electrons. The lowest BCUT2D eigenvalue weighted by Gasteiger charge is -2.05. The van der Waals surface area contributed by atoms with E-state index in [1.807, 2.05) is 0 Å². The van der Waals surface area contributed by atoms with E-state index in [0.717, 1.165) is 17.3 Å². The summed E-state index contributed by atoms with van der Waals surface area (Å²) in [5, 5.41) is 4.44. The van der Waals surface area contributed by atoms with Crippen molar-refractivity contribution in [3.8, 4) is 0 Å². The molecule has 5 nitrogen and oxygen atoms in total. The zero-order valence-corrected chi connectivity index (χ0v) is 12.7. The summed E-state index contributed by atoms with van der Waals surface area (Å²) in [7, 11) is -3.62. The zero-order valence-electron chi connectivity index (χ0n) is 10.3. The fourth-order valence-electron chi connectivity index (χ4n) is 1.56. The van der Waals surface area contributed by atoms with Crippen molar-refractivity contribution in [3.05, 3.63) is 41.7 Å². The van der Waals surface area contributed by atoms with Crippen LogP contribution in [0.2, 0.25) is 0 Å². The number of halogens is 1. The fraction of sp³-hybridized carbons (Fsp3) is 0.250. The molecule has 0 aliphatic rings. The van der Waals surface area contributed by atoms with Crippen LogP contribution in [0, 0.1) is 6.92 Å². The van der Waals surface area contributed by atoms with Gasteiger partial charge >= 0.3 is 0 Å². The Morgan fingerprint density at radius 3 is 2.53 bits per heavy atom. The van der Waals surface area contributed by atoms with Crippen molar-refractivity contribution >= 4 is 31.8 Å². The minimum Gasteiger partial charge on any atom is -0.360 e. The van der Waals surface area contributed by atoms with E-state index >= 15 is 0 Å². The van der Waals surface area contributed by atoms with Crippen LogP contribution in [0.25, 0.3) is 0 Å². The second-order valence-electron chi connectivity index (χ2n) is 4.01. The zero-order chi connectivity index (χ0) is 13.9. The number of nitrogens with zero attached hydrogens (tertiary/aromatic N) is 1. The molecule has 1 aromatic heterocycles. The Kier molecular flexibility index (Phi) is 4.26. The molecule has 0 unspecified atom stereocenters. The molecule has 19 heavy (non-hydrogen) atoms. The largest absolute Gasteiger partial charge is 0.360 e. The van der Waals surface area contributed by atoms with Crippen LogP contribution in [0.3, 0.4) is 0 Å². The molecule has 2 rings (SSSR count). The third kappa shape index (κ3) is 3.57. The van der Waals surface area contributed by atoms with Crippen molar-refractivity contribution in [2.75, 3.05) is 10.1 Å². The first-order valence-corrected chi connectivity index (χ1v) is 8.23. The van der Waals surface area contributed by atoms with Gasteiger partial charge in [0, 0.05) is 11.4 Å². The van der Waals surface area contributed by atoms with Gasteiger partial charge in [0.05, 0.1) is 4.90 Å². The van der Waals surface area contributed by atoms with Crippen molar-refractivity contribution in [1.82, 2.24) is 5.16 Å². The van der Waals surface area contributed by atoms with Crippen molar-refractivity contribution in [1.29, 1.82) is 0 Å². The summed E-state index contributed by atoms with van der Waals surface area (Å²) in [6, 6.07) is 8.27. The molecule has 0 bridgehead atoms. The van der Waals surface area contributed by atoms with Crippen molar-refractivity contribution in [2.24, 2.45) is 0 Å². The van der Waals surface area contributed by atoms with Crippen LogP contribution in [0.4, 0.5) is 5.82 Å². The van der Waals surface area contributed by atoms with Crippen LogP contribution in [-0.2, 0) is 16.4 Å². The van der Waals surface area contributed by atoms with Gasteiger partial charge < -0.3 is 4.52 Å². The molecule has 102 valence electrons. The Bertz CT molecular complexity index is 650. The van der Waals surface area contributed by atoms with E-state index < -0.39 is 10.0 Å². The number of rotatable bonds is 5. The van der Waals surface area contributed by atoms with Gasteiger partial charge in [-0.3, -0.25) is 4.72 Å². The van der Waals surface area contributed by atoms with E-state index in [-0.39, 0.29) is 10.7 Å². The van der Waals surface area contributed by atoms with Crippen molar-refractivity contribution in [2.45, 2.75) is 18.2 Å². The Morgan fingerprint density at radius 2 is 2.00 bits per heavy atom. The van der Waals surface area contributed by atoms with Gasteiger partial charge in [0.2, 0.25) is 0 Å². The minimum absolute atomic E-state index is 0.182. The number of hydrogen-bond donors (Lipinski definition) is 1. The van der Waals surface area contributed by atoms with Gasteiger partial charge in [-0.15, -0.1) is 0 Å². The maximum absolute atomic E-state index is 12.1. The van der Waals surface area contributed by atoms with Crippen LogP contribution in [0.5, 0.6) is 0 Å². The lowest BCUT2D eigenvalue weighted by atomic mass is 10.2. The van der Waals surface area contributed by atoms with Crippen LogP contribution in [0.15, 0.2) is 39.8 Å². The molecule has 1 aromatic carbocycles. The van der Waals surface area contributed by atoms with Gasteiger partial charge in [-0.1, -0.05) is 33.2 Å². The summed E-state index contributed by atoms with van der Waals surface area (Å²) in [6.07, 6.45) is 0.857. The van der Waals surface area contributed by atoms with E-state index in [4.69, 9.17) is 4.52 Å². The molecule has 0 saturated heterocycles. The summed E-state index contributed by atoms with van der Waals surface area (Å²) in [5.41, 5.74) is 1.08. The monoisotopic (exact) mass is 344 g/mol. The molecule has 0 spiro atoms. The van der Waals surface area contributed by atoms with E-state index in [1.54, 1.807) is 31.2 Å². The van der Waals surface area contributed by atoms with Gasteiger partial charge in [-0.25, -0.2) is 8.42 Å². The summed E-state index contributed by atoms with van der Waals surface area (Å²) in [5.74, 6) is 0.729. The smallest absolute Gasteiger partial charge is 0.263 e. The molecule has 0 atom stereocenters. The first-order chi connectivity index (χ1) is 9.01. The van der Waals surface area contributed by atoms with Crippen molar-refractivity contribution in [3.63, 3.8) is 0 Å². The van der Waals surface area contributed by atoms with E-state index in [1.165, 1.54) is 6.07 Å². The van der Waals surface area contributed by atoms with Gasteiger partial charge in [-0.2, -0.15) is 0 Å². The maximum atomic E-state index is 12.1. The van der Waals surface area contributed by atoms with Crippen LogP contribution in [-0.4, -0.2) is 18.9 Å². The molecule has 7 heteroatoms. The number of hydrogen-bond acceptors (Lipinski definition) is 4. The molecule has 1 N–H and O–H groups in total. The topological polar surface area (TPSA) is 72.2 Å². The van der Waals surface area contributed by atoms with E-state index in [9.17, 15) is 8.42 Å². The predicted molar refractivity (Wildman–Crippen MR) is 76.0 cm³/mol. The highest BCUT2D eigenvalue weighted by Gasteiger charge is 2.15. The number of anilines is 1. The SMILES string of the molecule is Cc1cc(NS(=O)(=O)c2ccc(CCBr)cc2)no1. The summed E-state index contributed by atoms with van der Waals surface area (Å²) in [6.45, 7) is 1.69. The van der Waals surface area contributed by atoms with Gasteiger partial charge in [-0.05, 0) is 31.0 Å². The normalized spacial score (nSPS) is 11.5. The quantitative estimate of drug-likeness (QED) is 0.846. The van der Waals surface area contributed by atoms with E-state index in [0.29, 0.717) is 5.76 Å². The van der Waals surface area contributed by atoms with Crippen molar-refractivity contribution < 1.29 is 12.9 Å². The Hall–Kier alpha value is -1.34. The molecule has 0 fully saturated rings. The number of benzene rings is 1. The second kappa shape index (κ2) is 5.75. The molecule has 1 heterocycles. The Balaban J connectivity index is 2.19. The van der Waals surface area contributed by atoms with Crippen LogP contribution >= 0.6 is 15.9 Å². The van der Waals surface area contributed by atoms with Crippen LogP contribution < -0.4 is 4.72 Å². The number of sulfonamides is 1. The first-order valence-electron chi connectivity index (χ1n) is 5.62. The molecule has 0 saturated carbocycles. The van der Waals surface area contributed by atoms with Gasteiger partial charge in [0.25, 0.3) is 10.0 Å². The third-order valence-electron chi connectivity index (χ3n) is 2.48. The second-order valence-corrected chi connectivity index (χ2v) is 6.49. The lowest BCUT2D eigenvalue weighted by Crippen LogP contribution is -2.13. The predicted octanol–water partition coefficient (Wildman–Crippen LogP) is 2.72. The molecule has 2 aromatic rings. The molecule has 0 aliphatic heterocycles. The summed E-state index contributed by atoms with van der Waals surface area (Å²) >= 11 is 3.34. The molecular weight excluding hydrogens is 332 g/mol. The Labute approximate surface area is 120 Å². The maximum Gasteiger partial charge on any atom is 0.263 e. The first kappa shape index (κ1) is 14.1. The minimum atomic E-state index is -3.62. The van der Waals surface area contributed by atoms with E-state index in [2.05, 4.69) is 25.8 Å². The molecule has 0 amide bonds. The number of aryl methyl sites for hydroxylation is 2. The van der Waals surface area contributed by atoms with Crippen LogP contribution in [0.1, 0.15) is 11.3 Å². The fourth-order valence-corrected chi connectivity index (χ4v) is 3.00. The number of aromatic nitrogens is 1. The number of nitrogens with one attached hydrogen (secondary N) is 1. The lowest BCUT2D eigenvalue weighted by molar-refractivity contribution is 0.400. The summed E-state index contributed by atoms with van der Waals surface area (Å²) in [4.78, 5) is 0.200. The van der Waals surface area contributed by atoms with Gasteiger partial charge in [0.15, 0.2) is 5.82 Å².